The highest BCUT2D eigenvalue weighted by Crippen LogP contribution is 2.22. The molecule has 1 heterocycles. The third kappa shape index (κ3) is 2.67. The molecule has 0 fully saturated rings. The van der Waals surface area contributed by atoms with Gasteiger partial charge in [-0.05, 0) is 48.7 Å². The highest BCUT2D eigenvalue weighted by Gasteiger charge is 2.12. The number of halogens is 2. The number of benzene rings is 2. The predicted molar refractivity (Wildman–Crippen MR) is 89.1 cm³/mol. The first-order valence-electron chi connectivity index (χ1n) is 6.12. The topological polar surface area (TPSA) is 34.9 Å². The molecule has 1 aromatic heterocycles. The zero-order valence-electron chi connectivity index (χ0n) is 11.0. The summed E-state index contributed by atoms with van der Waals surface area (Å²) in [6.45, 7) is 0. The second-order valence-electron chi connectivity index (χ2n) is 4.38. The van der Waals surface area contributed by atoms with Crippen LogP contribution in [0.15, 0.2) is 52.4 Å². The van der Waals surface area contributed by atoms with Gasteiger partial charge in [0.05, 0.1) is 16.6 Å². The molecule has 0 saturated carbocycles. The molecule has 6 heteroatoms. The lowest BCUT2D eigenvalue weighted by Crippen LogP contribution is -2.21. The summed E-state index contributed by atoms with van der Waals surface area (Å²) < 4.78 is 1.58. The SMILES string of the molecule is CSc1nc2cc(Cl)ccc2c(=O)n1-c1ccc(Cl)cc1. The van der Waals surface area contributed by atoms with Gasteiger partial charge in [-0.2, -0.15) is 0 Å². The van der Waals surface area contributed by atoms with Crippen LogP contribution in [0.2, 0.25) is 10.0 Å². The van der Waals surface area contributed by atoms with Gasteiger partial charge in [0.1, 0.15) is 0 Å². The van der Waals surface area contributed by atoms with Crippen molar-refractivity contribution >= 4 is 45.9 Å². The Morgan fingerprint density at radius 3 is 2.38 bits per heavy atom. The Hall–Kier alpha value is -1.49. The summed E-state index contributed by atoms with van der Waals surface area (Å²) in [6.07, 6.45) is 1.88. The molecule has 3 rings (SSSR count). The maximum atomic E-state index is 12.7. The Labute approximate surface area is 135 Å². The molecule has 0 radical (unpaired) electrons. The van der Waals surface area contributed by atoms with Crippen LogP contribution < -0.4 is 5.56 Å². The molecule has 0 atom stereocenters. The van der Waals surface area contributed by atoms with E-state index in [9.17, 15) is 4.79 Å². The first-order chi connectivity index (χ1) is 10.1. The van der Waals surface area contributed by atoms with Gasteiger partial charge in [0.25, 0.3) is 5.56 Å². The zero-order chi connectivity index (χ0) is 15.0. The van der Waals surface area contributed by atoms with Gasteiger partial charge in [0.15, 0.2) is 5.16 Å². The molecule has 3 aromatic rings. The molecule has 0 amide bonds. The Kier molecular flexibility index (Phi) is 3.93. The lowest BCUT2D eigenvalue weighted by Gasteiger charge is -2.12. The van der Waals surface area contributed by atoms with E-state index >= 15 is 0 Å². The Morgan fingerprint density at radius 2 is 1.71 bits per heavy atom. The van der Waals surface area contributed by atoms with Crippen molar-refractivity contribution in [1.29, 1.82) is 0 Å². The highest BCUT2D eigenvalue weighted by molar-refractivity contribution is 7.98. The van der Waals surface area contributed by atoms with E-state index in [0.717, 1.165) is 5.69 Å². The van der Waals surface area contributed by atoms with E-state index in [0.29, 0.717) is 26.1 Å². The summed E-state index contributed by atoms with van der Waals surface area (Å²) in [7, 11) is 0. The van der Waals surface area contributed by atoms with Gasteiger partial charge < -0.3 is 0 Å². The summed E-state index contributed by atoms with van der Waals surface area (Å²) in [5.41, 5.74) is 1.21. The van der Waals surface area contributed by atoms with E-state index in [-0.39, 0.29) is 5.56 Å². The molecule has 0 aliphatic rings. The number of hydrogen-bond acceptors (Lipinski definition) is 3. The first-order valence-corrected chi connectivity index (χ1v) is 8.10. The van der Waals surface area contributed by atoms with Crippen molar-refractivity contribution in [3.63, 3.8) is 0 Å². The normalized spacial score (nSPS) is 11.0. The summed E-state index contributed by atoms with van der Waals surface area (Å²) in [5.74, 6) is 0. The summed E-state index contributed by atoms with van der Waals surface area (Å²) >= 11 is 13.3. The van der Waals surface area contributed by atoms with Crippen LogP contribution in [0.5, 0.6) is 0 Å². The number of hydrogen-bond donors (Lipinski definition) is 0. The van der Waals surface area contributed by atoms with E-state index in [4.69, 9.17) is 23.2 Å². The fourth-order valence-electron chi connectivity index (χ4n) is 2.09. The summed E-state index contributed by atoms with van der Waals surface area (Å²) in [4.78, 5) is 17.3. The van der Waals surface area contributed by atoms with Crippen LogP contribution >= 0.6 is 35.0 Å². The fraction of sp³-hybridized carbons (Fsp3) is 0.0667. The van der Waals surface area contributed by atoms with E-state index in [1.54, 1.807) is 47.0 Å². The van der Waals surface area contributed by atoms with E-state index < -0.39 is 0 Å². The van der Waals surface area contributed by atoms with Crippen molar-refractivity contribution in [3.8, 4) is 5.69 Å². The zero-order valence-corrected chi connectivity index (χ0v) is 13.3. The van der Waals surface area contributed by atoms with E-state index in [1.807, 2.05) is 6.26 Å². The molecule has 3 nitrogen and oxygen atoms in total. The molecule has 2 aromatic carbocycles. The first kappa shape index (κ1) is 14.4. The third-order valence-electron chi connectivity index (χ3n) is 3.07. The molecule has 0 aliphatic heterocycles. The van der Waals surface area contributed by atoms with Gasteiger partial charge in [0, 0.05) is 10.0 Å². The minimum Gasteiger partial charge on any atom is -0.268 e. The van der Waals surface area contributed by atoms with Crippen LogP contribution in [0.25, 0.3) is 16.6 Å². The quantitative estimate of drug-likeness (QED) is 0.513. The number of fused-ring (bicyclic) bond motifs is 1. The van der Waals surface area contributed by atoms with Crippen LogP contribution in [0.3, 0.4) is 0 Å². The largest absolute Gasteiger partial charge is 0.268 e. The van der Waals surface area contributed by atoms with Gasteiger partial charge >= 0.3 is 0 Å². The van der Waals surface area contributed by atoms with Crippen LogP contribution in [0.1, 0.15) is 0 Å². The van der Waals surface area contributed by atoms with Crippen molar-refractivity contribution in [2.75, 3.05) is 6.26 Å². The monoisotopic (exact) mass is 336 g/mol. The van der Waals surface area contributed by atoms with Crippen LogP contribution in [-0.2, 0) is 0 Å². The third-order valence-corrected chi connectivity index (χ3v) is 4.19. The van der Waals surface area contributed by atoms with Gasteiger partial charge in [-0.25, -0.2) is 4.98 Å². The molecule has 106 valence electrons. The maximum Gasteiger partial charge on any atom is 0.266 e. The Morgan fingerprint density at radius 1 is 1.05 bits per heavy atom. The van der Waals surface area contributed by atoms with Crippen LogP contribution in [-0.4, -0.2) is 15.8 Å². The van der Waals surface area contributed by atoms with Crippen molar-refractivity contribution in [2.45, 2.75) is 5.16 Å². The number of rotatable bonds is 2. The smallest absolute Gasteiger partial charge is 0.266 e. The van der Waals surface area contributed by atoms with Gasteiger partial charge in [-0.15, -0.1) is 0 Å². The minimum atomic E-state index is -0.122. The number of thioether (sulfide) groups is 1. The van der Waals surface area contributed by atoms with Crippen LogP contribution in [0.4, 0.5) is 0 Å². The molecule has 0 saturated heterocycles. The molecule has 0 unspecified atom stereocenters. The lowest BCUT2D eigenvalue weighted by atomic mass is 10.2. The van der Waals surface area contributed by atoms with E-state index in [2.05, 4.69) is 4.98 Å². The van der Waals surface area contributed by atoms with Crippen LogP contribution in [0, 0.1) is 0 Å². The van der Waals surface area contributed by atoms with Crippen molar-refractivity contribution in [3.05, 3.63) is 62.9 Å². The average molecular weight is 337 g/mol. The second kappa shape index (κ2) is 5.72. The van der Waals surface area contributed by atoms with Gasteiger partial charge in [-0.1, -0.05) is 35.0 Å². The molecule has 0 spiro atoms. The van der Waals surface area contributed by atoms with Crippen molar-refractivity contribution in [2.24, 2.45) is 0 Å². The van der Waals surface area contributed by atoms with Gasteiger partial charge in [-0.3, -0.25) is 9.36 Å². The highest BCUT2D eigenvalue weighted by atomic mass is 35.5. The van der Waals surface area contributed by atoms with Crippen molar-refractivity contribution < 1.29 is 0 Å². The Bertz CT molecular complexity index is 875. The van der Waals surface area contributed by atoms with Crippen molar-refractivity contribution in [1.82, 2.24) is 9.55 Å². The number of nitrogens with zero attached hydrogens (tertiary/aromatic N) is 2. The fourth-order valence-corrected chi connectivity index (χ4v) is 2.95. The lowest BCUT2D eigenvalue weighted by molar-refractivity contribution is 0.822. The minimum absolute atomic E-state index is 0.122. The molecule has 0 aliphatic carbocycles. The molecule has 0 N–H and O–H groups in total. The average Bonchev–Trinajstić information content (AvgIpc) is 2.48. The summed E-state index contributed by atoms with van der Waals surface area (Å²) in [5, 5.41) is 2.33. The standard InChI is InChI=1S/C15H10Cl2N2OS/c1-21-15-18-13-8-10(17)4-7-12(13)14(20)19(15)11-5-2-9(16)3-6-11/h2-8H,1H3. The van der Waals surface area contributed by atoms with E-state index in [1.165, 1.54) is 11.8 Å². The molecule has 21 heavy (non-hydrogen) atoms. The molecule has 0 bridgehead atoms. The maximum absolute atomic E-state index is 12.7. The molecular weight excluding hydrogens is 327 g/mol. The second-order valence-corrected chi connectivity index (χ2v) is 6.02. The van der Waals surface area contributed by atoms with Gasteiger partial charge in [0.2, 0.25) is 0 Å². The Balaban J connectivity index is 2.36. The predicted octanol–water partition coefficient (Wildman–Crippen LogP) is 4.41. The number of aromatic nitrogens is 2. The molecular formula is C15H10Cl2N2OS. The summed E-state index contributed by atoms with van der Waals surface area (Å²) in [6, 6.07) is 12.2.